The van der Waals surface area contributed by atoms with Crippen LogP contribution in [0.4, 0.5) is 11.5 Å². The molecule has 0 fully saturated rings. The Kier molecular flexibility index (Phi) is 3.18. The summed E-state index contributed by atoms with van der Waals surface area (Å²) in [7, 11) is 0. The number of benzene rings is 1. The third kappa shape index (κ3) is 2.40. The molecule has 0 spiro atoms. The van der Waals surface area contributed by atoms with Gasteiger partial charge in [0, 0.05) is 36.2 Å². The molecule has 6 nitrogen and oxygen atoms in total. The first kappa shape index (κ1) is 14.0. The summed E-state index contributed by atoms with van der Waals surface area (Å²) >= 11 is 0. The van der Waals surface area contributed by atoms with Gasteiger partial charge in [0.25, 0.3) is 0 Å². The van der Waals surface area contributed by atoms with Gasteiger partial charge in [-0.2, -0.15) is 0 Å². The number of nitrogens with one attached hydrogen (secondary N) is 1. The normalized spacial score (nSPS) is 18.9. The summed E-state index contributed by atoms with van der Waals surface area (Å²) in [5, 5.41) is 6.51. The van der Waals surface area contributed by atoms with E-state index in [-0.39, 0.29) is 18.2 Å². The molecule has 0 radical (unpaired) electrons. The number of nitrogens with zero attached hydrogens (tertiary/aromatic N) is 2. The van der Waals surface area contributed by atoms with E-state index in [4.69, 9.17) is 4.52 Å². The van der Waals surface area contributed by atoms with Crippen molar-refractivity contribution in [3.63, 3.8) is 0 Å². The Morgan fingerprint density at radius 3 is 3.13 bits per heavy atom. The second-order valence-corrected chi connectivity index (χ2v) is 6.15. The third-order valence-electron chi connectivity index (χ3n) is 4.52. The van der Waals surface area contributed by atoms with Crippen molar-refractivity contribution in [1.82, 2.24) is 5.16 Å². The fourth-order valence-corrected chi connectivity index (χ4v) is 3.56. The van der Waals surface area contributed by atoms with Crippen LogP contribution in [0, 0.1) is 6.92 Å². The van der Waals surface area contributed by atoms with E-state index in [0.29, 0.717) is 23.9 Å². The monoisotopic (exact) mass is 311 g/mol. The SMILES string of the molecule is Cc1cc(NC(=O)CN2CC3CCC(=O)c4cccc2c43)no1. The minimum Gasteiger partial charge on any atom is -0.361 e. The Morgan fingerprint density at radius 1 is 1.48 bits per heavy atom. The minimum absolute atomic E-state index is 0.138. The van der Waals surface area contributed by atoms with Crippen LogP contribution in [-0.2, 0) is 4.79 Å². The molecule has 0 saturated carbocycles. The van der Waals surface area contributed by atoms with Gasteiger partial charge in [0.15, 0.2) is 11.6 Å². The number of hydrogen-bond acceptors (Lipinski definition) is 5. The highest BCUT2D eigenvalue weighted by atomic mass is 16.5. The number of Topliss-reactive ketones (excluding diaryl/α,β-unsaturated/α-hetero) is 1. The van der Waals surface area contributed by atoms with Crippen LogP contribution in [-0.4, -0.2) is 29.9 Å². The van der Waals surface area contributed by atoms with Gasteiger partial charge in [0.2, 0.25) is 5.91 Å². The number of amides is 1. The lowest BCUT2D eigenvalue weighted by Crippen LogP contribution is -2.32. The minimum atomic E-state index is -0.138. The topological polar surface area (TPSA) is 75.4 Å². The van der Waals surface area contributed by atoms with Crippen molar-refractivity contribution in [2.45, 2.75) is 25.7 Å². The van der Waals surface area contributed by atoms with E-state index in [2.05, 4.69) is 10.5 Å². The number of hydrogen-bond donors (Lipinski definition) is 1. The van der Waals surface area contributed by atoms with Crippen molar-refractivity contribution >= 4 is 23.2 Å². The van der Waals surface area contributed by atoms with Gasteiger partial charge in [-0.05, 0) is 25.0 Å². The Balaban J connectivity index is 1.54. The van der Waals surface area contributed by atoms with Crippen LogP contribution in [0.5, 0.6) is 0 Å². The molecule has 1 aliphatic carbocycles. The van der Waals surface area contributed by atoms with Crippen molar-refractivity contribution in [2.24, 2.45) is 0 Å². The van der Waals surface area contributed by atoms with Gasteiger partial charge < -0.3 is 14.7 Å². The van der Waals surface area contributed by atoms with Gasteiger partial charge in [0.05, 0.1) is 6.54 Å². The van der Waals surface area contributed by atoms with E-state index in [0.717, 1.165) is 29.8 Å². The molecule has 0 saturated heterocycles. The molecule has 0 bridgehead atoms. The third-order valence-corrected chi connectivity index (χ3v) is 4.52. The van der Waals surface area contributed by atoms with Crippen LogP contribution in [0.2, 0.25) is 0 Å². The molecular formula is C17H17N3O3. The average molecular weight is 311 g/mol. The van der Waals surface area contributed by atoms with Crippen LogP contribution < -0.4 is 10.2 Å². The largest absolute Gasteiger partial charge is 0.361 e. The van der Waals surface area contributed by atoms with Crippen LogP contribution in [0.3, 0.4) is 0 Å². The van der Waals surface area contributed by atoms with Crippen molar-refractivity contribution < 1.29 is 14.1 Å². The van der Waals surface area contributed by atoms with E-state index < -0.39 is 0 Å². The molecule has 1 amide bonds. The van der Waals surface area contributed by atoms with Crippen molar-refractivity contribution in [2.75, 3.05) is 23.3 Å². The Hall–Kier alpha value is -2.63. The summed E-state index contributed by atoms with van der Waals surface area (Å²) in [5.74, 6) is 1.50. The van der Waals surface area contributed by atoms with Gasteiger partial charge in [-0.3, -0.25) is 9.59 Å². The van der Waals surface area contributed by atoms with Gasteiger partial charge >= 0.3 is 0 Å². The van der Waals surface area contributed by atoms with Gasteiger partial charge in [-0.1, -0.05) is 17.3 Å². The van der Waals surface area contributed by atoms with Gasteiger partial charge in [0.1, 0.15) is 5.76 Å². The summed E-state index contributed by atoms with van der Waals surface area (Å²) in [6.07, 6.45) is 1.46. The van der Waals surface area contributed by atoms with E-state index in [1.165, 1.54) is 0 Å². The zero-order chi connectivity index (χ0) is 16.0. The van der Waals surface area contributed by atoms with Crippen molar-refractivity contribution in [3.8, 4) is 0 Å². The first-order valence-corrected chi connectivity index (χ1v) is 7.76. The molecule has 23 heavy (non-hydrogen) atoms. The predicted octanol–water partition coefficient (Wildman–Crippen LogP) is 2.50. The molecular weight excluding hydrogens is 294 g/mol. The summed E-state index contributed by atoms with van der Waals surface area (Å²) in [6.45, 7) is 2.80. The van der Waals surface area contributed by atoms with Crippen LogP contribution in [0.25, 0.3) is 0 Å². The number of rotatable bonds is 3. The Labute approximate surface area is 133 Å². The standard InChI is InChI=1S/C17H17N3O3/c1-10-7-15(19-23-10)18-16(22)9-20-8-11-5-6-14(21)12-3-2-4-13(20)17(11)12/h2-4,7,11H,5-6,8-9H2,1H3,(H,18,19,22). The molecule has 1 aromatic heterocycles. The first-order valence-electron chi connectivity index (χ1n) is 7.76. The summed E-state index contributed by atoms with van der Waals surface area (Å²) < 4.78 is 4.95. The summed E-state index contributed by atoms with van der Waals surface area (Å²) in [4.78, 5) is 26.4. The lowest BCUT2D eigenvalue weighted by Gasteiger charge is -2.18. The highest BCUT2D eigenvalue weighted by Crippen LogP contribution is 2.44. The molecule has 2 heterocycles. The predicted molar refractivity (Wildman–Crippen MR) is 84.8 cm³/mol. The summed E-state index contributed by atoms with van der Waals surface area (Å²) in [6, 6.07) is 7.47. The Bertz CT molecular complexity index is 796. The van der Waals surface area contributed by atoms with E-state index >= 15 is 0 Å². The maximum Gasteiger partial charge on any atom is 0.245 e. The van der Waals surface area contributed by atoms with Crippen molar-refractivity contribution in [1.29, 1.82) is 0 Å². The zero-order valence-electron chi connectivity index (χ0n) is 12.8. The number of aryl methyl sites for hydroxylation is 1. The zero-order valence-corrected chi connectivity index (χ0v) is 12.8. The van der Waals surface area contributed by atoms with E-state index in [9.17, 15) is 9.59 Å². The number of carbonyl (C=O) groups excluding carboxylic acids is 2. The molecule has 1 unspecified atom stereocenters. The lowest BCUT2D eigenvalue weighted by atomic mass is 9.83. The number of anilines is 2. The molecule has 1 aromatic carbocycles. The summed E-state index contributed by atoms with van der Waals surface area (Å²) in [5.41, 5.74) is 2.95. The Morgan fingerprint density at radius 2 is 2.35 bits per heavy atom. The lowest BCUT2D eigenvalue weighted by molar-refractivity contribution is -0.115. The molecule has 6 heteroatoms. The maximum atomic E-state index is 12.2. The fourth-order valence-electron chi connectivity index (χ4n) is 3.56. The van der Waals surface area contributed by atoms with Gasteiger partial charge in [-0.15, -0.1) is 0 Å². The van der Waals surface area contributed by atoms with E-state index in [1.807, 2.05) is 23.1 Å². The number of carbonyl (C=O) groups is 2. The second kappa shape index (κ2) is 5.22. The molecule has 4 rings (SSSR count). The molecule has 118 valence electrons. The quantitative estimate of drug-likeness (QED) is 0.942. The average Bonchev–Trinajstić information content (AvgIpc) is 3.08. The van der Waals surface area contributed by atoms with Crippen LogP contribution >= 0.6 is 0 Å². The van der Waals surface area contributed by atoms with E-state index in [1.54, 1.807) is 13.0 Å². The second-order valence-electron chi connectivity index (χ2n) is 6.15. The molecule has 1 N–H and O–H groups in total. The molecule has 1 atom stereocenters. The molecule has 1 aliphatic heterocycles. The van der Waals surface area contributed by atoms with Crippen LogP contribution in [0.15, 0.2) is 28.8 Å². The number of aromatic nitrogens is 1. The highest BCUT2D eigenvalue weighted by Gasteiger charge is 2.36. The molecule has 2 aromatic rings. The maximum absolute atomic E-state index is 12.2. The van der Waals surface area contributed by atoms with Crippen molar-refractivity contribution in [3.05, 3.63) is 41.2 Å². The highest BCUT2D eigenvalue weighted by molar-refractivity contribution is 6.01. The smallest absolute Gasteiger partial charge is 0.245 e. The first-order chi connectivity index (χ1) is 11.1. The van der Waals surface area contributed by atoms with Crippen LogP contribution in [0.1, 0.15) is 40.4 Å². The van der Waals surface area contributed by atoms with Gasteiger partial charge in [-0.25, -0.2) is 0 Å². The fraction of sp³-hybridized carbons (Fsp3) is 0.353. The molecule has 2 aliphatic rings. The number of ketones is 1.